The Kier molecular flexibility index (Phi) is 8.12. The Morgan fingerprint density at radius 2 is 1.88 bits per heavy atom. The smallest absolute Gasteiger partial charge is 0.323 e. The van der Waals surface area contributed by atoms with Crippen LogP contribution in [0.3, 0.4) is 0 Å². The SMILES string of the molecule is CNC(C)(CCOCCOCC(C)C)C(=O)O. The molecule has 0 aliphatic carbocycles. The van der Waals surface area contributed by atoms with Crippen LogP contribution in [-0.2, 0) is 14.3 Å². The average molecular weight is 247 g/mol. The van der Waals surface area contributed by atoms with Crippen LogP contribution in [0.5, 0.6) is 0 Å². The molecule has 0 amide bonds. The number of rotatable bonds is 10. The minimum absolute atomic E-state index is 0.411. The van der Waals surface area contributed by atoms with Gasteiger partial charge in [0, 0.05) is 13.2 Å². The molecular weight excluding hydrogens is 222 g/mol. The summed E-state index contributed by atoms with van der Waals surface area (Å²) >= 11 is 0. The van der Waals surface area contributed by atoms with Crippen LogP contribution in [0.2, 0.25) is 0 Å². The quantitative estimate of drug-likeness (QED) is 0.566. The van der Waals surface area contributed by atoms with Crippen molar-refractivity contribution in [2.45, 2.75) is 32.7 Å². The normalized spacial score (nSPS) is 14.9. The molecule has 0 aliphatic heterocycles. The largest absolute Gasteiger partial charge is 0.480 e. The molecule has 0 fully saturated rings. The van der Waals surface area contributed by atoms with Gasteiger partial charge < -0.3 is 19.9 Å². The van der Waals surface area contributed by atoms with E-state index in [0.717, 1.165) is 6.61 Å². The van der Waals surface area contributed by atoms with Crippen LogP contribution in [0.1, 0.15) is 27.2 Å². The summed E-state index contributed by atoms with van der Waals surface area (Å²) in [6.07, 6.45) is 0.434. The third-order valence-corrected chi connectivity index (χ3v) is 2.59. The molecule has 2 N–H and O–H groups in total. The van der Waals surface area contributed by atoms with E-state index in [4.69, 9.17) is 14.6 Å². The monoisotopic (exact) mass is 247 g/mol. The molecular formula is C12H25NO4. The first-order valence-electron chi connectivity index (χ1n) is 6.00. The van der Waals surface area contributed by atoms with E-state index in [2.05, 4.69) is 19.2 Å². The number of ether oxygens (including phenoxy) is 2. The lowest BCUT2D eigenvalue weighted by Gasteiger charge is -2.23. The van der Waals surface area contributed by atoms with Gasteiger partial charge in [0.1, 0.15) is 5.54 Å². The summed E-state index contributed by atoms with van der Waals surface area (Å²) in [7, 11) is 1.64. The molecule has 0 aromatic heterocycles. The Hall–Kier alpha value is -0.650. The van der Waals surface area contributed by atoms with Crippen LogP contribution in [0.4, 0.5) is 0 Å². The minimum Gasteiger partial charge on any atom is -0.480 e. The van der Waals surface area contributed by atoms with Gasteiger partial charge in [-0.15, -0.1) is 0 Å². The predicted octanol–water partition coefficient (Wildman–Crippen LogP) is 1.13. The molecule has 0 aromatic carbocycles. The van der Waals surface area contributed by atoms with E-state index in [9.17, 15) is 4.79 Å². The number of hydrogen-bond donors (Lipinski definition) is 2. The summed E-state index contributed by atoms with van der Waals surface area (Å²) in [6, 6.07) is 0. The molecule has 0 rings (SSSR count). The maximum Gasteiger partial charge on any atom is 0.323 e. The molecule has 0 spiro atoms. The van der Waals surface area contributed by atoms with Crippen LogP contribution in [0.15, 0.2) is 0 Å². The number of carboxylic acids is 1. The van der Waals surface area contributed by atoms with Crippen molar-refractivity contribution in [1.82, 2.24) is 5.32 Å². The fourth-order valence-corrected chi connectivity index (χ4v) is 1.15. The Balaban J connectivity index is 3.53. The Labute approximate surface area is 103 Å². The van der Waals surface area contributed by atoms with Crippen molar-refractivity contribution in [3.05, 3.63) is 0 Å². The van der Waals surface area contributed by atoms with E-state index in [1.54, 1.807) is 14.0 Å². The zero-order valence-corrected chi connectivity index (χ0v) is 11.3. The first-order valence-corrected chi connectivity index (χ1v) is 6.00. The highest BCUT2D eigenvalue weighted by Crippen LogP contribution is 2.09. The number of carbonyl (C=O) groups is 1. The maximum absolute atomic E-state index is 11.0. The van der Waals surface area contributed by atoms with Crippen molar-refractivity contribution in [2.75, 3.05) is 33.5 Å². The highest BCUT2D eigenvalue weighted by atomic mass is 16.5. The van der Waals surface area contributed by atoms with Gasteiger partial charge in [0.25, 0.3) is 0 Å². The number of nitrogens with one attached hydrogen (secondary N) is 1. The van der Waals surface area contributed by atoms with Crippen LogP contribution >= 0.6 is 0 Å². The highest BCUT2D eigenvalue weighted by molar-refractivity contribution is 5.78. The van der Waals surface area contributed by atoms with Crippen molar-refractivity contribution < 1.29 is 19.4 Å². The van der Waals surface area contributed by atoms with Gasteiger partial charge in [0.15, 0.2) is 0 Å². The third-order valence-electron chi connectivity index (χ3n) is 2.59. The molecule has 1 unspecified atom stereocenters. The molecule has 0 aliphatic rings. The van der Waals surface area contributed by atoms with E-state index in [-0.39, 0.29) is 0 Å². The lowest BCUT2D eigenvalue weighted by atomic mass is 9.99. The molecule has 0 aromatic rings. The predicted molar refractivity (Wildman–Crippen MR) is 66.2 cm³/mol. The number of likely N-dealkylation sites (N-methyl/N-ethyl adjacent to an activating group) is 1. The summed E-state index contributed by atoms with van der Waals surface area (Å²) in [5.41, 5.74) is -0.918. The van der Waals surface area contributed by atoms with Crippen molar-refractivity contribution in [2.24, 2.45) is 5.92 Å². The van der Waals surface area contributed by atoms with Crippen LogP contribution in [-0.4, -0.2) is 50.1 Å². The van der Waals surface area contributed by atoms with Gasteiger partial charge in [-0.3, -0.25) is 4.79 Å². The summed E-state index contributed by atoms with van der Waals surface area (Å²) in [6.45, 7) is 8.03. The minimum atomic E-state index is -0.918. The second kappa shape index (κ2) is 8.44. The van der Waals surface area contributed by atoms with Gasteiger partial charge in [0.05, 0.1) is 13.2 Å². The van der Waals surface area contributed by atoms with Crippen molar-refractivity contribution >= 4 is 5.97 Å². The average Bonchev–Trinajstić information content (AvgIpc) is 2.26. The van der Waals surface area contributed by atoms with Crippen molar-refractivity contribution in [3.8, 4) is 0 Å². The van der Waals surface area contributed by atoms with E-state index in [1.807, 2.05) is 0 Å². The summed E-state index contributed by atoms with van der Waals surface area (Å²) in [5.74, 6) is -0.339. The molecule has 102 valence electrons. The second-order valence-corrected chi connectivity index (χ2v) is 4.72. The van der Waals surface area contributed by atoms with Gasteiger partial charge in [-0.1, -0.05) is 13.8 Å². The molecule has 5 heteroatoms. The van der Waals surface area contributed by atoms with Gasteiger partial charge in [0.2, 0.25) is 0 Å². The Morgan fingerprint density at radius 1 is 1.29 bits per heavy atom. The molecule has 0 saturated heterocycles. The first-order chi connectivity index (χ1) is 7.92. The lowest BCUT2D eigenvalue weighted by Crippen LogP contribution is -2.48. The Bertz CT molecular complexity index is 221. The van der Waals surface area contributed by atoms with Crippen LogP contribution < -0.4 is 5.32 Å². The molecule has 0 bridgehead atoms. The lowest BCUT2D eigenvalue weighted by molar-refractivity contribution is -0.144. The van der Waals surface area contributed by atoms with E-state index >= 15 is 0 Å². The third kappa shape index (κ3) is 7.31. The zero-order valence-electron chi connectivity index (χ0n) is 11.3. The zero-order chi connectivity index (χ0) is 13.3. The topological polar surface area (TPSA) is 67.8 Å². The Morgan fingerprint density at radius 3 is 2.35 bits per heavy atom. The van der Waals surface area contributed by atoms with Gasteiger partial charge in [-0.2, -0.15) is 0 Å². The van der Waals surface area contributed by atoms with Crippen LogP contribution in [0.25, 0.3) is 0 Å². The van der Waals surface area contributed by atoms with E-state index in [1.165, 1.54) is 0 Å². The first kappa shape index (κ1) is 16.4. The second-order valence-electron chi connectivity index (χ2n) is 4.72. The van der Waals surface area contributed by atoms with Gasteiger partial charge in [-0.25, -0.2) is 0 Å². The molecule has 0 radical (unpaired) electrons. The van der Waals surface area contributed by atoms with Crippen molar-refractivity contribution in [3.63, 3.8) is 0 Å². The molecule has 0 heterocycles. The van der Waals surface area contributed by atoms with E-state index < -0.39 is 11.5 Å². The highest BCUT2D eigenvalue weighted by Gasteiger charge is 2.30. The summed E-state index contributed by atoms with van der Waals surface area (Å²) in [5, 5.41) is 11.8. The van der Waals surface area contributed by atoms with Crippen LogP contribution in [0, 0.1) is 5.92 Å². The molecule has 0 saturated carbocycles. The van der Waals surface area contributed by atoms with Gasteiger partial charge in [-0.05, 0) is 26.3 Å². The van der Waals surface area contributed by atoms with Gasteiger partial charge >= 0.3 is 5.97 Å². The summed E-state index contributed by atoms with van der Waals surface area (Å²) in [4.78, 5) is 11.0. The standard InChI is InChI=1S/C12H25NO4/c1-10(2)9-17-8-7-16-6-5-12(3,13-4)11(14)15/h10,13H,5-9H2,1-4H3,(H,14,15). The maximum atomic E-state index is 11.0. The fraction of sp³-hybridized carbons (Fsp3) is 0.917. The molecule has 1 atom stereocenters. The van der Waals surface area contributed by atoms with Crippen molar-refractivity contribution in [1.29, 1.82) is 0 Å². The molecule has 17 heavy (non-hydrogen) atoms. The number of carboxylic acid groups (broad SMARTS) is 1. The number of aliphatic carboxylic acids is 1. The molecule has 5 nitrogen and oxygen atoms in total. The summed E-state index contributed by atoms with van der Waals surface area (Å²) < 4.78 is 10.7. The number of hydrogen-bond acceptors (Lipinski definition) is 4. The van der Waals surface area contributed by atoms with E-state index in [0.29, 0.717) is 32.2 Å². The fourth-order valence-electron chi connectivity index (χ4n) is 1.15.